The molecule has 114 valence electrons. The van der Waals surface area contributed by atoms with Gasteiger partial charge in [0.15, 0.2) is 0 Å². The maximum absolute atomic E-state index is 12.6. The minimum Gasteiger partial charge on any atom is -0.270 e. The molecule has 1 fully saturated rings. The molecule has 1 atom stereocenters. The molecule has 0 radical (unpaired) electrons. The summed E-state index contributed by atoms with van der Waals surface area (Å²) in [7, 11) is -3.42. The molecule has 1 aromatic rings. The average Bonchev–Trinajstić information content (AvgIpc) is 2.97. The molecule has 0 saturated carbocycles. The molecule has 0 bridgehead atoms. The van der Waals surface area contributed by atoms with Crippen molar-refractivity contribution in [2.75, 3.05) is 19.0 Å². The summed E-state index contributed by atoms with van der Waals surface area (Å²) in [5.74, 6) is 0.812. The van der Waals surface area contributed by atoms with E-state index in [1.54, 1.807) is 15.2 Å². The first-order valence-electron chi connectivity index (χ1n) is 6.83. The average molecular weight is 320 g/mol. The molecule has 2 heterocycles. The second-order valence-corrected chi connectivity index (χ2v) is 8.66. The van der Waals surface area contributed by atoms with Crippen molar-refractivity contribution in [2.45, 2.75) is 38.6 Å². The lowest BCUT2D eigenvalue weighted by atomic mass is 9.80. The number of nitrogens with zero attached hydrogens (tertiary/aromatic N) is 3. The van der Waals surface area contributed by atoms with Gasteiger partial charge < -0.3 is 0 Å². The Kier molecular flexibility index (Phi) is 4.47. The van der Waals surface area contributed by atoms with Gasteiger partial charge in [-0.3, -0.25) is 4.68 Å². The first-order valence-corrected chi connectivity index (χ1v) is 8.81. The van der Waals surface area contributed by atoms with E-state index in [0.717, 1.165) is 6.42 Å². The zero-order valence-electron chi connectivity index (χ0n) is 12.2. The molecule has 1 aromatic heterocycles. The third kappa shape index (κ3) is 3.18. The molecule has 0 aromatic carbocycles. The van der Waals surface area contributed by atoms with Gasteiger partial charge in [-0.25, -0.2) is 8.42 Å². The molecule has 0 N–H and O–H groups in total. The zero-order valence-corrected chi connectivity index (χ0v) is 13.8. The standard InChI is InChI=1S/C13H22ClN3O2S/c1-13(2,3)11-4-6-17(9-11)20(18,19)12-8-15-16(10-12)7-5-14/h8,10-11H,4-7,9H2,1-3H3. The summed E-state index contributed by atoms with van der Waals surface area (Å²) >= 11 is 5.64. The molecule has 0 aliphatic carbocycles. The van der Waals surface area contributed by atoms with Crippen LogP contribution in [0.2, 0.25) is 0 Å². The topological polar surface area (TPSA) is 55.2 Å². The third-order valence-electron chi connectivity index (χ3n) is 3.94. The Morgan fingerprint density at radius 3 is 2.70 bits per heavy atom. The van der Waals surface area contributed by atoms with E-state index < -0.39 is 10.0 Å². The number of aromatic nitrogens is 2. The zero-order chi connectivity index (χ0) is 15.0. The van der Waals surface area contributed by atoms with Crippen molar-refractivity contribution in [3.63, 3.8) is 0 Å². The fraction of sp³-hybridized carbons (Fsp3) is 0.769. The number of alkyl halides is 1. The van der Waals surface area contributed by atoms with Crippen molar-refractivity contribution in [1.29, 1.82) is 0 Å². The highest BCUT2D eigenvalue weighted by molar-refractivity contribution is 7.89. The van der Waals surface area contributed by atoms with E-state index in [0.29, 0.717) is 31.4 Å². The summed E-state index contributed by atoms with van der Waals surface area (Å²) in [5.41, 5.74) is 0.132. The van der Waals surface area contributed by atoms with Crippen molar-refractivity contribution >= 4 is 21.6 Å². The number of hydrogen-bond donors (Lipinski definition) is 0. The first kappa shape index (κ1) is 15.8. The Morgan fingerprint density at radius 2 is 2.15 bits per heavy atom. The number of halogens is 1. The van der Waals surface area contributed by atoms with E-state index >= 15 is 0 Å². The lowest BCUT2D eigenvalue weighted by molar-refractivity contribution is 0.252. The van der Waals surface area contributed by atoms with E-state index in [2.05, 4.69) is 25.9 Å². The van der Waals surface area contributed by atoms with Crippen LogP contribution in [0.3, 0.4) is 0 Å². The second kappa shape index (κ2) is 5.66. The fourth-order valence-corrected chi connectivity index (χ4v) is 4.12. The molecule has 1 aliphatic heterocycles. The molecule has 1 aliphatic rings. The highest BCUT2D eigenvalue weighted by Gasteiger charge is 2.38. The molecular weight excluding hydrogens is 298 g/mol. The quantitative estimate of drug-likeness (QED) is 0.799. The summed E-state index contributed by atoms with van der Waals surface area (Å²) < 4.78 is 28.3. The van der Waals surface area contributed by atoms with Crippen LogP contribution in [0.25, 0.3) is 0 Å². The van der Waals surface area contributed by atoms with Crippen LogP contribution in [-0.4, -0.2) is 41.5 Å². The molecule has 7 heteroatoms. The van der Waals surface area contributed by atoms with E-state index in [4.69, 9.17) is 11.6 Å². The second-order valence-electron chi connectivity index (χ2n) is 6.34. The highest BCUT2D eigenvalue weighted by Crippen LogP contribution is 2.35. The van der Waals surface area contributed by atoms with Crippen molar-refractivity contribution in [3.05, 3.63) is 12.4 Å². The van der Waals surface area contributed by atoms with Gasteiger partial charge >= 0.3 is 0 Å². The highest BCUT2D eigenvalue weighted by atomic mass is 35.5. The van der Waals surface area contributed by atoms with Crippen LogP contribution >= 0.6 is 11.6 Å². The smallest absolute Gasteiger partial charge is 0.246 e. The number of sulfonamides is 1. The van der Waals surface area contributed by atoms with Crippen LogP contribution in [0, 0.1) is 11.3 Å². The fourth-order valence-electron chi connectivity index (χ4n) is 2.49. The van der Waals surface area contributed by atoms with Crippen LogP contribution in [-0.2, 0) is 16.6 Å². The van der Waals surface area contributed by atoms with Gasteiger partial charge in [0.1, 0.15) is 4.90 Å². The summed E-state index contributed by atoms with van der Waals surface area (Å²) in [6.07, 6.45) is 3.88. The Balaban J connectivity index is 2.15. The largest absolute Gasteiger partial charge is 0.270 e. The van der Waals surface area contributed by atoms with Crippen molar-refractivity contribution in [1.82, 2.24) is 14.1 Å². The monoisotopic (exact) mass is 319 g/mol. The van der Waals surface area contributed by atoms with E-state index in [1.807, 2.05) is 0 Å². The van der Waals surface area contributed by atoms with Gasteiger partial charge in [0.05, 0.1) is 12.7 Å². The molecule has 2 rings (SSSR count). The van der Waals surface area contributed by atoms with Crippen molar-refractivity contribution in [3.8, 4) is 0 Å². The van der Waals surface area contributed by atoms with E-state index in [-0.39, 0.29) is 10.3 Å². The minimum absolute atomic E-state index is 0.132. The molecule has 1 unspecified atom stereocenters. The SMILES string of the molecule is CC(C)(C)C1CCN(S(=O)(=O)c2cnn(CCCl)c2)C1. The van der Waals surface area contributed by atoms with Gasteiger partial charge in [-0.05, 0) is 17.8 Å². The van der Waals surface area contributed by atoms with Gasteiger partial charge in [-0.1, -0.05) is 20.8 Å². The first-order chi connectivity index (χ1) is 9.25. The van der Waals surface area contributed by atoms with Gasteiger partial charge in [-0.2, -0.15) is 9.40 Å². The van der Waals surface area contributed by atoms with Gasteiger partial charge in [-0.15, -0.1) is 11.6 Å². The van der Waals surface area contributed by atoms with Gasteiger partial charge in [0, 0.05) is 25.2 Å². The maximum Gasteiger partial charge on any atom is 0.246 e. The summed E-state index contributed by atoms with van der Waals surface area (Å²) in [6, 6.07) is 0. The van der Waals surface area contributed by atoms with Crippen LogP contribution in [0.5, 0.6) is 0 Å². The normalized spacial score (nSPS) is 21.5. The van der Waals surface area contributed by atoms with Crippen LogP contribution in [0.4, 0.5) is 0 Å². The Morgan fingerprint density at radius 1 is 1.45 bits per heavy atom. The van der Waals surface area contributed by atoms with E-state index in [9.17, 15) is 8.42 Å². The molecule has 0 amide bonds. The molecule has 20 heavy (non-hydrogen) atoms. The summed E-state index contributed by atoms with van der Waals surface area (Å²) in [6.45, 7) is 8.17. The predicted molar refractivity (Wildman–Crippen MR) is 79.3 cm³/mol. The lowest BCUT2D eigenvalue weighted by Crippen LogP contribution is -2.31. The summed E-state index contributed by atoms with van der Waals surface area (Å²) in [5, 5.41) is 4.04. The minimum atomic E-state index is -3.42. The van der Waals surface area contributed by atoms with Gasteiger partial charge in [0.25, 0.3) is 0 Å². The Bertz CT molecular complexity index is 562. The van der Waals surface area contributed by atoms with E-state index in [1.165, 1.54) is 6.20 Å². The number of rotatable bonds is 4. The number of hydrogen-bond acceptors (Lipinski definition) is 3. The Labute approximate surface area is 126 Å². The Hall–Kier alpha value is -0.590. The summed E-state index contributed by atoms with van der Waals surface area (Å²) in [4.78, 5) is 0.261. The third-order valence-corrected chi connectivity index (χ3v) is 5.92. The van der Waals surface area contributed by atoms with Gasteiger partial charge in [0.2, 0.25) is 10.0 Å². The maximum atomic E-state index is 12.6. The molecule has 0 spiro atoms. The predicted octanol–water partition coefficient (Wildman–Crippen LogP) is 2.18. The van der Waals surface area contributed by atoms with Crippen molar-refractivity contribution < 1.29 is 8.42 Å². The van der Waals surface area contributed by atoms with Crippen LogP contribution in [0.15, 0.2) is 17.3 Å². The lowest BCUT2D eigenvalue weighted by Gasteiger charge is -2.26. The van der Waals surface area contributed by atoms with Crippen LogP contribution in [0.1, 0.15) is 27.2 Å². The van der Waals surface area contributed by atoms with Crippen molar-refractivity contribution in [2.24, 2.45) is 11.3 Å². The van der Waals surface area contributed by atoms with Crippen LogP contribution < -0.4 is 0 Å². The molecular formula is C13H22ClN3O2S. The molecule has 5 nitrogen and oxygen atoms in total. The molecule has 1 saturated heterocycles. The number of aryl methyl sites for hydroxylation is 1.